The fourth-order valence-electron chi connectivity index (χ4n) is 4.05. The monoisotopic (exact) mass is 437 g/mol. The Bertz CT molecular complexity index is 1450. The topological polar surface area (TPSA) is 70.8 Å². The van der Waals surface area contributed by atoms with Crippen LogP contribution in [0.4, 0.5) is 10.5 Å². The van der Waals surface area contributed by atoms with E-state index in [2.05, 4.69) is 50.9 Å². The minimum Gasteiger partial charge on any atom is -0.332 e. The number of hydrogen-bond acceptors (Lipinski definition) is 4. The van der Waals surface area contributed by atoms with Crippen LogP contribution in [0.3, 0.4) is 0 Å². The van der Waals surface area contributed by atoms with Crippen LogP contribution >= 0.6 is 11.3 Å². The maximum absolute atomic E-state index is 12.6. The number of imidazole rings is 1. The van der Waals surface area contributed by atoms with Gasteiger partial charge in [0.05, 0.1) is 18.8 Å². The van der Waals surface area contributed by atoms with Crippen LogP contribution in [-0.2, 0) is 13.1 Å². The van der Waals surface area contributed by atoms with E-state index in [0.29, 0.717) is 13.1 Å². The number of benzene rings is 2. The van der Waals surface area contributed by atoms with Crippen molar-refractivity contribution in [2.24, 2.45) is 4.99 Å². The van der Waals surface area contributed by atoms with Gasteiger partial charge in [0.2, 0.25) is 0 Å². The zero-order valence-corrected chi connectivity index (χ0v) is 17.9. The number of nitrogens with zero attached hydrogens (tertiary/aromatic N) is 3. The highest BCUT2D eigenvalue weighted by molar-refractivity contribution is 7.22. The number of amides is 2. The molecular formula is C25H19N5OS. The molecule has 0 atom stereocenters. The van der Waals surface area contributed by atoms with Crippen molar-refractivity contribution in [3.63, 3.8) is 0 Å². The number of nitrogens with one attached hydrogen (secondary N) is 2. The minimum atomic E-state index is -0.265. The Morgan fingerprint density at radius 1 is 1.09 bits per heavy atom. The number of carbonyl (C=O) groups excluding carboxylic acids is 1. The van der Waals surface area contributed by atoms with Gasteiger partial charge >= 0.3 is 6.03 Å². The summed E-state index contributed by atoms with van der Waals surface area (Å²) in [5, 5.41) is 7.10. The van der Waals surface area contributed by atoms with Crippen LogP contribution in [0.15, 0.2) is 78.0 Å². The second-order valence-electron chi connectivity index (χ2n) is 7.72. The molecular weight excluding hydrogens is 418 g/mol. The number of anilines is 1. The molecule has 0 saturated carbocycles. The molecule has 4 heterocycles. The van der Waals surface area contributed by atoms with E-state index < -0.39 is 0 Å². The Hall–Kier alpha value is -3.97. The van der Waals surface area contributed by atoms with Gasteiger partial charge in [0.25, 0.3) is 0 Å². The van der Waals surface area contributed by atoms with Gasteiger partial charge in [0.1, 0.15) is 5.65 Å². The molecule has 5 aromatic rings. The zero-order valence-electron chi connectivity index (χ0n) is 17.1. The first kappa shape index (κ1) is 18.8. The van der Waals surface area contributed by atoms with Crippen LogP contribution in [0, 0.1) is 0 Å². The van der Waals surface area contributed by atoms with E-state index in [0.717, 1.165) is 28.2 Å². The van der Waals surface area contributed by atoms with E-state index in [9.17, 15) is 4.79 Å². The van der Waals surface area contributed by atoms with Gasteiger partial charge in [-0.05, 0) is 52.9 Å². The molecule has 32 heavy (non-hydrogen) atoms. The van der Waals surface area contributed by atoms with Crippen molar-refractivity contribution in [3.8, 4) is 10.4 Å². The SMILES string of the molecule is O=C(NCc1cn2ccccc2n1)Nc1cc2c(c(-c3cc4ccccc4s3)c1)CN=C2. The normalized spacial score (nSPS) is 12.4. The van der Waals surface area contributed by atoms with Crippen molar-refractivity contribution in [3.05, 3.63) is 89.9 Å². The molecule has 2 aromatic carbocycles. The van der Waals surface area contributed by atoms with Gasteiger partial charge in [-0.25, -0.2) is 9.78 Å². The number of thiophene rings is 1. The molecule has 3 aromatic heterocycles. The molecule has 0 saturated heterocycles. The van der Waals surface area contributed by atoms with Gasteiger partial charge in [0, 0.05) is 39.4 Å². The number of fused-ring (bicyclic) bond motifs is 3. The number of pyridine rings is 1. The quantitative estimate of drug-likeness (QED) is 0.391. The lowest BCUT2D eigenvalue weighted by molar-refractivity contribution is 0.251. The summed E-state index contributed by atoms with van der Waals surface area (Å²) in [5.74, 6) is 0. The lowest BCUT2D eigenvalue weighted by atomic mass is 10.0. The summed E-state index contributed by atoms with van der Waals surface area (Å²) in [5.41, 5.74) is 5.78. The van der Waals surface area contributed by atoms with E-state index in [4.69, 9.17) is 0 Å². The molecule has 0 spiro atoms. The predicted octanol–water partition coefficient (Wildman–Crippen LogP) is 5.47. The van der Waals surface area contributed by atoms with Crippen molar-refractivity contribution in [1.82, 2.24) is 14.7 Å². The van der Waals surface area contributed by atoms with E-state index in [1.165, 1.54) is 20.5 Å². The Labute approximate surface area is 188 Å². The van der Waals surface area contributed by atoms with Crippen LogP contribution in [0.5, 0.6) is 0 Å². The van der Waals surface area contributed by atoms with E-state index in [1.807, 2.05) is 53.3 Å². The molecule has 1 aliphatic heterocycles. The summed E-state index contributed by atoms with van der Waals surface area (Å²) in [6, 6.07) is 20.2. The van der Waals surface area contributed by atoms with Crippen molar-refractivity contribution >= 4 is 45.0 Å². The average molecular weight is 438 g/mol. The smallest absolute Gasteiger partial charge is 0.319 e. The van der Waals surface area contributed by atoms with Gasteiger partial charge in [0.15, 0.2) is 0 Å². The largest absolute Gasteiger partial charge is 0.332 e. The predicted molar refractivity (Wildman–Crippen MR) is 130 cm³/mol. The summed E-state index contributed by atoms with van der Waals surface area (Å²) < 4.78 is 3.19. The third-order valence-electron chi connectivity index (χ3n) is 5.56. The van der Waals surface area contributed by atoms with Crippen molar-refractivity contribution in [2.75, 3.05) is 5.32 Å². The van der Waals surface area contributed by atoms with Crippen LogP contribution in [0.1, 0.15) is 16.8 Å². The van der Waals surface area contributed by atoms with Gasteiger partial charge in [-0.15, -0.1) is 11.3 Å². The summed E-state index contributed by atoms with van der Waals surface area (Å²) >= 11 is 1.76. The summed E-state index contributed by atoms with van der Waals surface area (Å²) in [4.78, 5) is 22.8. The molecule has 0 unspecified atom stereocenters. The highest BCUT2D eigenvalue weighted by Crippen LogP contribution is 2.39. The number of urea groups is 1. The third-order valence-corrected chi connectivity index (χ3v) is 6.71. The molecule has 0 aliphatic carbocycles. The summed E-state index contributed by atoms with van der Waals surface area (Å²) in [6.07, 6.45) is 5.74. The second-order valence-corrected chi connectivity index (χ2v) is 8.80. The van der Waals surface area contributed by atoms with Crippen LogP contribution < -0.4 is 10.6 Å². The first-order chi connectivity index (χ1) is 15.7. The number of rotatable bonds is 4. The highest BCUT2D eigenvalue weighted by Gasteiger charge is 2.17. The molecule has 7 heteroatoms. The highest BCUT2D eigenvalue weighted by atomic mass is 32.1. The minimum absolute atomic E-state index is 0.265. The number of hydrogen-bond donors (Lipinski definition) is 2. The van der Waals surface area contributed by atoms with E-state index in [-0.39, 0.29) is 6.03 Å². The summed E-state index contributed by atoms with van der Waals surface area (Å²) in [6.45, 7) is 1.02. The molecule has 6 nitrogen and oxygen atoms in total. The van der Waals surface area contributed by atoms with Crippen molar-refractivity contribution in [1.29, 1.82) is 0 Å². The number of aromatic nitrogens is 2. The molecule has 1 aliphatic rings. The molecule has 6 rings (SSSR count). The molecule has 0 radical (unpaired) electrons. The molecule has 156 valence electrons. The fraction of sp³-hybridized carbons (Fsp3) is 0.0800. The Balaban J connectivity index is 1.24. The number of aliphatic imine (C=N–C) groups is 1. The maximum Gasteiger partial charge on any atom is 0.319 e. The standard InChI is InChI=1S/C25H19N5OS/c31-25(27-13-19-15-30-8-4-3-7-24(30)28-19)29-18-9-17-12-26-14-21(17)20(11-18)23-10-16-5-1-2-6-22(16)32-23/h1-12,15H,13-14H2,(H2,27,29,31). The van der Waals surface area contributed by atoms with Crippen LogP contribution in [-0.4, -0.2) is 21.6 Å². The van der Waals surface area contributed by atoms with Crippen molar-refractivity contribution < 1.29 is 4.79 Å². The van der Waals surface area contributed by atoms with E-state index >= 15 is 0 Å². The van der Waals surface area contributed by atoms with Crippen LogP contribution in [0.25, 0.3) is 26.2 Å². The van der Waals surface area contributed by atoms with Gasteiger partial charge in [-0.1, -0.05) is 24.3 Å². The Morgan fingerprint density at radius 3 is 2.91 bits per heavy atom. The lowest BCUT2D eigenvalue weighted by Gasteiger charge is -2.12. The molecule has 0 bridgehead atoms. The van der Waals surface area contributed by atoms with Crippen LogP contribution in [0.2, 0.25) is 0 Å². The first-order valence-electron chi connectivity index (χ1n) is 10.4. The lowest BCUT2D eigenvalue weighted by Crippen LogP contribution is -2.28. The molecule has 0 fully saturated rings. The second kappa shape index (κ2) is 7.62. The fourth-order valence-corrected chi connectivity index (χ4v) is 5.15. The van der Waals surface area contributed by atoms with E-state index in [1.54, 1.807) is 11.3 Å². The van der Waals surface area contributed by atoms with Gasteiger partial charge in [-0.3, -0.25) is 4.99 Å². The average Bonchev–Trinajstić information content (AvgIpc) is 3.54. The van der Waals surface area contributed by atoms with Crippen molar-refractivity contribution in [2.45, 2.75) is 13.1 Å². The third kappa shape index (κ3) is 3.42. The molecule has 2 N–H and O–H groups in total. The maximum atomic E-state index is 12.6. The number of carbonyl (C=O) groups is 1. The van der Waals surface area contributed by atoms with Gasteiger partial charge < -0.3 is 15.0 Å². The first-order valence-corrected chi connectivity index (χ1v) is 11.2. The Morgan fingerprint density at radius 2 is 2.00 bits per heavy atom. The van der Waals surface area contributed by atoms with Gasteiger partial charge in [-0.2, -0.15) is 0 Å². The summed E-state index contributed by atoms with van der Waals surface area (Å²) in [7, 11) is 0. The molecule has 2 amide bonds. The Kier molecular flexibility index (Phi) is 4.47. The zero-order chi connectivity index (χ0) is 21.5.